The van der Waals surface area contributed by atoms with Crippen LogP contribution in [0.5, 0.6) is 0 Å². The molecule has 2 N–H and O–H groups in total. The number of nitrogens with one attached hydrogen (secondary N) is 1. The number of piperidine rings is 1. The van der Waals surface area contributed by atoms with Crippen LogP contribution >= 0.6 is 0 Å². The number of carbonyl (C=O) groups excluding carboxylic acids is 1. The zero-order chi connectivity index (χ0) is 28.4. The molecule has 2 fully saturated rings. The van der Waals surface area contributed by atoms with E-state index in [0.717, 1.165) is 66.0 Å². The lowest BCUT2D eigenvalue weighted by atomic mass is 9.91. The molecule has 0 saturated carbocycles. The number of aryl methyl sites for hydroxylation is 2. The first kappa shape index (κ1) is 27.4. The van der Waals surface area contributed by atoms with Crippen molar-refractivity contribution >= 4 is 28.5 Å². The number of hydrogen-bond acceptors (Lipinski definition) is 7. The Morgan fingerprint density at radius 3 is 2.62 bits per heavy atom. The van der Waals surface area contributed by atoms with E-state index in [1.807, 2.05) is 26.0 Å². The van der Waals surface area contributed by atoms with Gasteiger partial charge in [0.1, 0.15) is 17.5 Å². The number of aromatic nitrogens is 3. The molecule has 1 amide bonds. The average molecular weight is 550 g/mol. The van der Waals surface area contributed by atoms with Gasteiger partial charge < -0.3 is 19.8 Å². The number of aliphatic carboxylic acids is 1. The number of fused-ring (bicyclic) bond motifs is 2. The topological polar surface area (TPSA) is 130 Å². The first-order valence-electron chi connectivity index (χ1n) is 13.5. The molecule has 1 aromatic carbocycles. The lowest BCUT2D eigenvalue weighted by molar-refractivity contribution is -0.140. The summed E-state index contributed by atoms with van der Waals surface area (Å²) < 4.78 is 20.4. The predicted octanol–water partition coefficient (Wildman–Crippen LogP) is 3.36. The molecular weight excluding hydrogens is 517 g/mol. The quantitative estimate of drug-likeness (QED) is 0.388. The zero-order valence-electron chi connectivity index (χ0n) is 22.5. The summed E-state index contributed by atoms with van der Waals surface area (Å²) in [5.74, 6) is -1.11. The Hall–Kier alpha value is -4.12. The maximum Gasteiger partial charge on any atom is 0.326 e. The van der Waals surface area contributed by atoms with Crippen molar-refractivity contribution in [2.45, 2.75) is 57.9 Å². The minimum atomic E-state index is -0.944. The van der Waals surface area contributed by atoms with Crippen molar-refractivity contribution in [1.29, 1.82) is 0 Å². The minimum Gasteiger partial charge on any atom is -0.480 e. The molecule has 0 unspecified atom stereocenters. The van der Waals surface area contributed by atoms with Crippen LogP contribution in [-0.2, 0) is 16.0 Å². The number of amides is 1. The van der Waals surface area contributed by atoms with Gasteiger partial charge in [0.25, 0.3) is 5.56 Å². The zero-order valence-corrected chi connectivity index (χ0v) is 22.5. The second kappa shape index (κ2) is 11.5. The summed E-state index contributed by atoms with van der Waals surface area (Å²) in [7, 11) is 0. The molecule has 1 atom stereocenters. The first-order valence-corrected chi connectivity index (χ1v) is 13.5. The van der Waals surface area contributed by atoms with Crippen LogP contribution in [0.4, 0.5) is 4.39 Å². The fourth-order valence-corrected chi connectivity index (χ4v) is 5.45. The fraction of sp³-hybridized carbons (Fsp3) is 0.414. The van der Waals surface area contributed by atoms with Gasteiger partial charge in [0.05, 0.1) is 5.69 Å². The van der Waals surface area contributed by atoms with Crippen LogP contribution in [0.1, 0.15) is 54.1 Å². The van der Waals surface area contributed by atoms with Crippen molar-refractivity contribution in [2.75, 3.05) is 19.6 Å². The molecule has 11 heteroatoms. The molecule has 2 aliphatic rings. The van der Waals surface area contributed by atoms with E-state index in [4.69, 9.17) is 9.63 Å². The Morgan fingerprint density at radius 1 is 1.18 bits per heavy atom. The predicted molar refractivity (Wildman–Crippen MR) is 146 cm³/mol. The largest absolute Gasteiger partial charge is 0.480 e. The van der Waals surface area contributed by atoms with Crippen LogP contribution in [-0.4, -0.2) is 62.1 Å². The number of carboxylic acid groups (broad SMARTS) is 1. The average Bonchev–Trinajstić information content (AvgIpc) is 3.56. The number of likely N-dealkylation sites (tertiary alicyclic amines) is 1. The number of rotatable bonds is 5. The van der Waals surface area contributed by atoms with Crippen LogP contribution in [0.15, 0.2) is 45.8 Å². The second-order valence-corrected chi connectivity index (χ2v) is 10.4. The molecule has 210 valence electrons. The maximum absolute atomic E-state index is 13.4. The van der Waals surface area contributed by atoms with E-state index in [0.29, 0.717) is 30.8 Å². The molecule has 6 rings (SSSR count). The maximum atomic E-state index is 13.4. The van der Waals surface area contributed by atoms with E-state index in [2.05, 4.69) is 20.4 Å². The molecular formula is C29H32FN5O5. The second-order valence-electron chi connectivity index (χ2n) is 10.4. The lowest BCUT2D eigenvalue weighted by Crippen LogP contribution is -2.35. The molecule has 10 nitrogen and oxygen atoms in total. The number of nitrogens with zero attached hydrogens (tertiary/aromatic N) is 4. The third kappa shape index (κ3) is 5.74. The molecule has 5 heterocycles. The summed E-state index contributed by atoms with van der Waals surface area (Å²) in [5.41, 5.74) is 4.80. The third-order valence-corrected chi connectivity index (χ3v) is 7.76. The smallest absolute Gasteiger partial charge is 0.326 e. The Kier molecular flexibility index (Phi) is 7.92. The highest BCUT2D eigenvalue weighted by atomic mass is 19.1. The Bertz CT molecular complexity index is 1620. The van der Waals surface area contributed by atoms with E-state index in [-0.39, 0.29) is 17.3 Å². The van der Waals surface area contributed by atoms with Gasteiger partial charge in [-0.05, 0) is 76.4 Å². The third-order valence-electron chi connectivity index (χ3n) is 7.76. The van der Waals surface area contributed by atoms with Crippen molar-refractivity contribution in [1.82, 2.24) is 24.8 Å². The molecule has 3 aromatic heterocycles. The van der Waals surface area contributed by atoms with Crippen molar-refractivity contribution in [2.24, 2.45) is 0 Å². The summed E-state index contributed by atoms with van der Waals surface area (Å²) in [6.45, 7) is 6.59. The van der Waals surface area contributed by atoms with Gasteiger partial charge in [0.15, 0.2) is 5.58 Å². The molecule has 0 bridgehead atoms. The van der Waals surface area contributed by atoms with E-state index >= 15 is 0 Å². The highest BCUT2D eigenvalue weighted by molar-refractivity contribution is 5.87. The van der Waals surface area contributed by atoms with Crippen molar-refractivity contribution < 1.29 is 23.6 Å². The van der Waals surface area contributed by atoms with E-state index in [9.17, 15) is 18.8 Å². The summed E-state index contributed by atoms with van der Waals surface area (Å²) in [5, 5.41) is 15.8. The minimum absolute atomic E-state index is 0.0300. The van der Waals surface area contributed by atoms with Gasteiger partial charge in [0, 0.05) is 47.8 Å². The standard InChI is InChI=1S/C24H25FN4O2.C5H7NO3/c1-15-4-3-10-29-23(15)26-16(2)19(24(29)30)9-13-28-11-7-17(8-12-28)22-20-6-5-18(25)14-21(20)31-27-22;7-4-2-1-3(6-4)5(8)9/h3-6,10,14,17H,7-9,11-13H2,1-2H3;3H,1-2H2,(H,6,7)(H,8,9)/t;3-/m.1/s1. The first-order chi connectivity index (χ1) is 19.2. The van der Waals surface area contributed by atoms with Crippen molar-refractivity contribution in [3.05, 3.63) is 75.2 Å². The highest BCUT2D eigenvalue weighted by Gasteiger charge is 2.27. The normalized spacial score (nSPS) is 18.1. The fourth-order valence-electron chi connectivity index (χ4n) is 5.45. The number of halogens is 1. The Balaban J connectivity index is 0.000000306. The van der Waals surface area contributed by atoms with Gasteiger partial charge in [-0.1, -0.05) is 11.2 Å². The molecule has 2 saturated heterocycles. The van der Waals surface area contributed by atoms with Crippen molar-refractivity contribution in [3.63, 3.8) is 0 Å². The molecule has 4 aromatic rings. The van der Waals surface area contributed by atoms with E-state index in [1.54, 1.807) is 16.7 Å². The molecule has 40 heavy (non-hydrogen) atoms. The van der Waals surface area contributed by atoms with Gasteiger partial charge in [0.2, 0.25) is 5.91 Å². The number of carbonyl (C=O) groups is 2. The number of pyridine rings is 1. The van der Waals surface area contributed by atoms with Crippen LogP contribution in [0.25, 0.3) is 16.6 Å². The van der Waals surface area contributed by atoms with Gasteiger partial charge in [-0.25, -0.2) is 14.2 Å². The van der Waals surface area contributed by atoms with Crippen LogP contribution < -0.4 is 10.9 Å². The van der Waals surface area contributed by atoms with Gasteiger partial charge in [-0.2, -0.15) is 0 Å². The number of hydrogen-bond donors (Lipinski definition) is 2. The summed E-state index contributed by atoms with van der Waals surface area (Å²) in [4.78, 5) is 40.6. The summed E-state index contributed by atoms with van der Waals surface area (Å²) in [6, 6.07) is 7.82. The highest BCUT2D eigenvalue weighted by Crippen LogP contribution is 2.32. The van der Waals surface area contributed by atoms with Crippen LogP contribution in [0, 0.1) is 19.7 Å². The monoisotopic (exact) mass is 549 g/mol. The number of carboxylic acids is 1. The molecule has 0 radical (unpaired) electrons. The lowest BCUT2D eigenvalue weighted by Gasteiger charge is -2.31. The summed E-state index contributed by atoms with van der Waals surface area (Å²) in [6.07, 6.45) is 5.18. The Labute approximate surface area is 229 Å². The van der Waals surface area contributed by atoms with Crippen molar-refractivity contribution in [3.8, 4) is 0 Å². The molecule has 0 spiro atoms. The van der Waals surface area contributed by atoms with Crippen LogP contribution in [0.3, 0.4) is 0 Å². The Morgan fingerprint density at radius 2 is 1.95 bits per heavy atom. The number of benzene rings is 1. The van der Waals surface area contributed by atoms with Gasteiger partial charge >= 0.3 is 5.97 Å². The van der Waals surface area contributed by atoms with E-state index in [1.165, 1.54) is 12.1 Å². The van der Waals surface area contributed by atoms with Crippen LogP contribution in [0.2, 0.25) is 0 Å². The summed E-state index contributed by atoms with van der Waals surface area (Å²) >= 11 is 0. The molecule has 2 aliphatic heterocycles. The van der Waals surface area contributed by atoms with E-state index < -0.39 is 12.0 Å². The van der Waals surface area contributed by atoms with Gasteiger partial charge in [-0.15, -0.1) is 0 Å². The SMILES string of the molecule is Cc1nc2c(C)cccn2c(=O)c1CCN1CCC(c2noc3cc(F)ccc23)CC1.O=C1CC[C@H](C(=O)O)N1. The molecule has 0 aliphatic carbocycles. The van der Waals surface area contributed by atoms with Gasteiger partial charge in [-0.3, -0.25) is 14.0 Å².